The van der Waals surface area contributed by atoms with Crippen molar-refractivity contribution in [3.63, 3.8) is 0 Å². The minimum absolute atomic E-state index is 0.0968. The van der Waals surface area contributed by atoms with Crippen LogP contribution in [0.2, 0.25) is 0 Å². The number of nitrogens with one attached hydrogen (secondary N) is 1. The van der Waals surface area contributed by atoms with Gasteiger partial charge in [0.25, 0.3) is 0 Å². The third-order valence-electron chi connectivity index (χ3n) is 2.20. The van der Waals surface area contributed by atoms with Crippen LogP contribution in [-0.2, 0) is 6.42 Å². The Morgan fingerprint density at radius 3 is 2.50 bits per heavy atom. The van der Waals surface area contributed by atoms with E-state index in [1.165, 1.54) is 11.8 Å². The first kappa shape index (κ1) is 8.81. The zero-order valence-corrected chi connectivity index (χ0v) is 7.99. The fourth-order valence-electron chi connectivity index (χ4n) is 1.36. The van der Waals surface area contributed by atoms with Crippen LogP contribution in [0.5, 0.6) is 5.88 Å². The Hall–Kier alpha value is -1.77. The predicted molar refractivity (Wildman–Crippen MR) is 55.1 cm³/mol. The molecule has 0 saturated heterocycles. The molecule has 2 N–H and O–H groups in total. The molecular weight excluding hydrogens is 176 g/mol. The minimum atomic E-state index is 0.0968. The van der Waals surface area contributed by atoms with Crippen molar-refractivity contribution >= 4 is 0 Å². The molecular formula is C11H12N2O. The third-order valence-corrected chi connectivity index (χ3v) is 2.20. The number of rotatable bonds is 2. The van der Waals surface area contributed by atoms with Gasteiger partial charge in [-0.15, -0.1) is 0 Å². The Morgan fingerprint density at radius 2 is 2.00 bits per heavy atom. The summed E-state index contributed by atoms with van der Waals surface area (Å²) in [6.45, 7) is 2.12. The Bertz CT molecular complexity index is 417. The molecule has 1 aromatic carbocycles. The summed E-state index contributed by atoms with van der Waals surface area (Å²) < 4.78 is 0. The highest BCUT2D eigenvalue weighted by molar-refractivity contribution is 5.56. The van der Waals surface area contributed by atoms with Crippen LogP contribution in [0.15, 0.2) is 30.5 Å². The van der Waals surface area contributed by atoms with E-state index in [4.69, 9.17) is 5.11 Å². The standard InChI is InChI=1S/C11H12N2O/c1-2-8-3-5-9(6-4-8)11-12-7-10(14)13-11/h3-7,14H,2H2,1H3,(H,12,13). The zero-order chi connectivity index (χ0) is 9.97. The highest BCUT2D eigenvalue weighted by Gasteiger charge is 2.01. The molecule has 0 bridgehead atoms. The lowest BCUT2D eigenvalue weighted by atomic mass is 10.1. The molecule has 0 amide bonds. The molecule has 0 fully saturated rings. The van der Waals surface area contributed by atoms with Crippen molar-refractivity contribution in [3.8, 4) is 17.3 Å². The van der Waals surface area contributed by atoms with Crippen molar-refractivity contribution in [2.45, 2.75) is 13.3 Å². The van der Waals surface area contributed by atoms with Gasteiger partial charge < -0.3 is 10.1 Å². The Balaban J connectivity index is 2.33. The molecule has 2 aromatic rings. The lowest BCUT2D eigenvalue weighted by Gasteiger charge is -1.98. The number of H-pyrrole nitrogens is 1. The van der Waals surface area contributed by atoms with Crippen LogP contribution in [0.4, 0.5) is 0 Å². The lowest BCUT2D eigenvalue weighted by Crippen LogP contribution is -1.82. The molecule has 0 saturated carbocycles. The first-order chi connectivity index (χ1) is 6.79. The molecule has 1 heterocycles. The van der Waals surface area contributed by atoms with Gasteiger partial charge in [0, 0.05) is 5.56 Å². The average Bonchev–Trinajstić information content (AvgIpc) is 2.65. The van der Waals surface area contributed by atoms with E-state index >= 15 is 0 Å². The fraction of sp³-hybridized carbons (Fsp3) is 0.182. The monoisotopic (exact) mass is 188 g/mol. The van der Waals surface area contributed by atoms with Crippen LogP contribution in [0.25, 0.3) is 11.4 Å². The third kappa shape index (κ3) is 1.62. The average molecular weight is 188 g/mol. The second-order valence-electron chi connectivity index (χ2n) is 3.17. The van der Waals surface area contributed by atoms with Gasteiger partial charge in [0.2, 0.25) is 5.88 Å². The Morgan fingerprint density at radius 1 is 1.29 bits per heavy atom. The van der Waals surface area contributed by atoms with E-state index in [9.17, 15) is 0 Å². The molecule has 0 unspecified atom stereocenters. The first-order valence-corrected chi connectivity index (χ1v) is 4.63. The molecule has 14 heavy (non-hydrogen) atoms. The zero-order valence-electron chi connectivity index (χ0n) is 7.99. The van der Waals surface area contributed by atoms with Crippen LogP contribution in [0.1, 0.15) is 12.5 Å². The number of hydrogen-bond acceptors (Lipinski definition) is 2. The summed E-state index contributed by atoms with van der Waals surface area (Å²) >= 11 is 0. The van der Waals surface area contributed by atoms with Gasteiger partial charge >= 0.3 is 0 Å². The molecule has 0 spiro atoms. The molecule has 3 nitrogen and oxygen atoms in total. The van der Waals surface area contributed by atoms with E-state index in [1.54, 1.807) is 0 Å². The van der Waals surface area contributed by atoms with Gasteiger partial charge in [-0.2, -0.15) is 0 Å². The number of nitrogens with zero attached hydrogens (tertiary/aromatic N) is 1. The van der Waals surface area contributed by atoms with E-state index in [1.807, 2.05) is 12.1 Å². The number of benzene rings is 1. The molecule has 3 heteroatoms. The van der Waals surface area contributed by atoms with Crippen molar-refractivity contribution < 1.29 is 5.11 Å². The maximum Gasteiger partial charge on any atom is 0.208 e. The number of imidazole rings is 1. The van der Waals surface area contributed by atoms with Crippen molar-refractivity contribution in [2.24, 2.45) is 0 Å². The summed E-state index contributed by atoms with van der Waals surface area (Å²) in [5.41, 5.74) is 2.28. The largest absolute Gasteiger partial charge is 0.493 e. The number of aromatic amines is 1. The van der Waals surface area contributed by atoms with Crippen LogP contribution in [0, 0.1) is 0 Å². The van der Waals surface area contributed by atoms with Gasteiger partial charge in [0.15, 0.2) is 0 Å². The molecule has 0 atom stereocenters. The maximum absolute atomic E-state index is 9.10. The molecule has 2 rings (SSSR count). The van der Waals surface area contributed by atoms with Gasteiger partial charge in [0.05, 0.1) is 6.20 Å². The number of aromatic hydroxyl groups is 1. The van der Waals surface area contributed by atoms with Crippen molar-refractivity contribution in [3.05, 3.63) is 36.0 Å². The molecule has 1 aromatic heterocycles. The highest BCUT2D eigenvalue weighted by atomic mass is 16.3. The van der Waals surface area contributed by atoms with Gasteiger partial charge in [-0.25, -0.2) is 4.98 Å². The van der Waals surface area contributed by atoms with E-state index in [-0.39, 0.29) is 5.88 Å². The summed E-state index contributed by atoms with van der Waals surface area (Å²) in [6.07, 6.45) is 2.44. The highest BCUT2D eigenvalue weighted by Crippen LogP contribution is 2.18. The van der Waals surface area contributed by atoms with Gasteiger partial charge in [-0.05, 0) is 12.0 Å². The second-order valence-corrected chi connectivity index (χ2v) is 3.17. The van der Waals surface area contributed by atoms with Crippen LogP contribution in [-0.4, -0.2) is 15.1 Å². The van der Waals surface area contributed by atoms with Crippen LogP contribution >= 0.6 is 0 Å². The number of aryl methyl sites for hydroxylation is 1. The minimum Gasteiger partial charge on any atom is -0.493 e. The Kier molecular flexibility index (Phi) is 2.23. The maximum atomic E-state index is 9.10. The quantitative estimate of drug-likeness (QED) is 0.760. The van der Waals surface area contributed by atoms with Gasteiger partial charge in [-0.3, -0.25) is 0 Å². The van der Waals surface area contributed by atoms with Crippen LogP contribution in [0.3, 0.4) is 0 Å². The SMILES string of the molecule is CCc1ccc(-c2ncc(O)[nH]2)cc1. The van der Waals surface area contributed by atoms with Gasteiger partial charge in [0.1, 0.15) is 5.82 Å². The van der Waals surface area contributed by atoms with E-state index in [0.29, 0.717) is 5.82 Å². The summed E-state index contributed by atoms with van der Waals surface area (Å²) in [5.74, 6) is 0.796. The summed E-state index contributed by atoms with van der Waals surface area (Å²) in [5, 5.41) is 9.10. The fourth-order valence-corrected chi connectivity index (χ4v) is 1.36. The summed E-state index contributed by atoms with van der Waals surface area (Å²) in [6, 6.07) is 8.12. The van der Waals surface area contributed by atoms with Crippen molar-refractivity contribution in [2.75, 3.05) is 0 Å². The predicted octanol–water partition coefficient (Wildman–Crippen LogP) is 2.34. The smallest absolute Gasteiger partial charge is 0.208 e. The molecule has 0 aliphatic heterocycles. The van der Waals surface area contributed by atoms with E-state index in [0.717, 1.165) is 12.0 Å². The second kappa shape index (κ2) is 3.54. The first-order valence-electron chi connectivity index (χ1n) is 4.63. The summed E-state index contributed by atoms with van der Waals surface area (Å²) in [4.78, 5) is 6.81. The Labute approximate surface area is 82.4 Å². The van der Waals surface area contributed by atoms with Gasteiger partial charge in [-0.1, -0.05) is 31.2 Å². The van der Waals surface area contributed by atoms with E-state index < -0.39 is 0 Å². The van der Waals surface area contributed by atoms with E-state index in [2.05, 4.69) is 29.0 Å². The van der Waals surface area contributed by atoms with Crippen molar-refractivity contribution in [1.82, 2.24) is 9.97 Å². The molecule has 0 radical (unpaired) electrons. The van der Waals surface area contributed by atoms with Crippen LogP contribution < -0.4 is 0 Å². The number of hydrogen-bond donors (Lipinski definition) is 2. The molecule has 0 aliphatic carbocycles. The normalized spacial score (nSPS) is 10.4. The molecule has 72 valence electrons. The lowest BCUT2D eigenvalue weighted by molar-refractivity contribution is 0.457. The number of aromatic nitrogens is 2. The van der Waals surface area contributed by atoms with Crippen molar-refractivity contribution in [1.29, 1.82) is 0 Å². The molecule has 0 aliphatic rings. The topological polar surface area (TPSA) is 48.9 Å². The summed E-state index contributed by atoms with van der Waals surface area (Å²) in [7, 11) is 0.